The second kappa shape index (κ2) is 9.85. The number of carbonyl (C=O) groups excluding carboxylic acids is 1. The fraction of sp³-hybridized carbons (Fsp3) is 0.333. The van der Waals surface area contributed by atoms with Gasteiger partial charge in [-0.3, -0.25) is 14.2 Å². The van der Waals surface area contributed by atoms with Crippen molar-refractivity contribution in [3.05, 3.63) is 74.3 Å². The van der Waals surface area contributed by atoms with Gasteiger partial charge in [0.25, 0.3) is 5.56 Å². The Bertz CT molecular complexity index is 1350. The molecule has 1 aliphatic heterocycles. The Hall–Kier alpha value is -3.14. The highest BCUT2D eigenvalue weighted by Crippen LogP contribution is 2.33. The van der Waals surface area contributed by atoms with Crippen LogP contribution in [0.3, 0.4) is 0 Å². The van der Waals surface area contributed by atoms with E-state index in [-0.39, 0.29) is 50.3 Å². The lowest BCUT2D eigenvalue weighted by Crippen LogP contribution is -2.44. The molecular formula is C24H24Cl2N4O5. The van der Waals surface area contributed by atoms with Crippen LogP contribution >= 0.6 is 23.2 Å². The largest absolute Gasteiger partial charge is 0.465 e. The summed E-state index contributed by atoms with van der Waals surface area (Å²) in [5, 5.41) is 21.4. The number of carbonyl (C=O) groups is 2. The maximum absolute atomic E-state index is 13.2. The van der Waals surface area contributed by atoms with Crippen LogP contribution in [0.5, 0.6) is 0 Å². The smallest absolute Gasteiger partial charge is 0.407 e. The number of aromatic nitrogens is 2. The lowest BCUT2D eigenvalue weighted by atomic mass is 9.84. The first kappa shape index (κ1) is 25.0. The third kappa shape index (κ3) is 5.27. The van der Waals surface area contributed by atoms with Crippen molar-refractivity contribution < 1.29 is 19.8 Å². The van der Waals surface area contributed by atoms with E-state index in [9.17, 15) is 19.5 Å². The predicted octanol–water partition coefficient (Wildman–Crippen LogP) is 3.32. The molecule has 1 aliphatic rings. The standard InChI is InChI=1S/C24H24Cl2N4O5/c1-28(12-15-2-4-18(25)19(26)10-15)21(31)13-30-14-27-20-5-3-16(11-17(20)22(30)32)24(35)6-8-29(9-7-24)23(33)34/h2-5,10-11,14,35H,6-9,12-13H2,1H3,(H,33,34). The van der Waals surface area contributed by atoms with Crippen molar-refractivity contribution in [2.24, 2.45) is 0 Å². The summed E-state index contributed by atoms with van der Waals surface area (Å²) < 4.78 is 1.23. The van der Waals surface area contributed by atoms with Crippen LogP contribution in [-0.2, 0) is 23.5 Å². The molecule has 4 rings (SSSR count). The quantitative estimate of drug-likeness (QED) is 0.535. The minimum atomic E-state index is -1.25. The topological polar surface area (TPSA) is 116 Å². The fourth-order valence-corrected chi connectivity index (χ4v) is 4.50. The van der Waals surface area contributed by atoms with Crippen LogP contribution in [0.4, 0.5) is 4.79 Å². The maximum Gasteiger partial charge on any atom is 0.407 e. The number of hydrogen-bond donors (Lipinski definition) is 2. The van der Waals surface area contributed by atoms with Crippen LogP contribution in [0.15, 0.2) is 47.5 Å². The Kier molecular flexibility index (Phi) is 7.02. The van der Waals surface area contributed by atoms with Crippen molar-refractivity contribution in [3.63, 3.8) is 0 Å². The molecule has 2 aromatic carbocycles. The summed E-state index contributed by atoms with van der Waals surface area (Å²) in [4.78, 5) is 44.2. The number of likely N-dealkylation sites (tertiary alicyclic amines) is 1. The number of nitrogens with zero attached hydrogens (tertiary/aromatic N) is 4. The van der Waals surface area contributed by atoms with Crippen LogP contribution in [0.2, 0.25) is 10.0 Å². The monoisotopic (exact) mass is 518 g/mol. The Morgan fingerprint density at radius 2 is 1.83 bits per heavy atom. The van der Waals surface area contributed by atoms with Crippen molar-refractivity contribution in [2.75, 3.05) is 20.1 Å². The molecule has 1 aromatic heterocycles. The van der Waals surface area contributed by atoms with Crippen molar-refractivity contribution in [3.8, 4) is 0 Å². The molecule has 1 fully saturated rings. The van der Waals surface area contributed by atoms with Crippen LogP contribution in [0.1, 0.15) is 24.0 Å². The first-order chi connectivity index (χ1) is 16.6. The van der Waals surface area contributed by atoms with Gasteiger partial charge in [0.05, 0.1) is 32.9 Å². The van der Waals surface area contributed by atoms with Gasteiger partial charge < -0.3 is 20.0 Å². The number of halogens is 2. The molecule has 0 radical (unpaired) electrons. The van der Waals surface area contributed by atoms with E-state index < -0.39 is 17.3 Å². The number of hydrogen-bond acceptors (Lipinski definition) is 5. The maximum atomic E-state index is 13.2. The summed E-state index contributed by atoms with van der Waals surface area (Å²) in [6.45, 7) is 0.472. The highest BCUT2D eigenvalue weighted by Gasteiger charge is 2.35. The minimum Gasteiger partial charge on any atom is -0.465 e. The number of benzene rings is 2. The lowest BCUT2D eigenvalue weighted by Gasteiger charge is -2.37. The average molecular weight is 519 g/mol. The molecule has 0 bridgehead atoms. The Balaban J connectivity index is 1.53. The van der Waals surface area contributed by atoms with E-state index in [1.54, 1.807) is 43.4 Å². The van der Waals surface area contributed by atoms with Gasteiger partial charge >= 0.3 is 6.09 Å². The highest BCUT2D eigenvalue weighted by molar-refractivity contribution is 6.42. The third-order valence-corrected chi connectivity index (χ3v) is 7.10. The zero-order chi connectivity index (χ0) is 25.3. The Morgan fingerprint density at radius 1 is 1.11 bits per heavy atom. The third-order valence-electron chi connectivity index (χ3n) is 6.36. The van der Waals surface area contributed by atoms with Gasteiger partial charge in [-0.2, -0.15) is 0 Å². The molecule has 3 aromatic rings. The number of aliphatic hydroxyl groups is 1. The van der Waals surface area contributed by atoms with Gasteiger partial charge in [-0.25, -0.2) is 9.78 Å². The second-order valence-corrected chi connectivity index (χ2v) is 9.52. The van der Waals surface area contributed by atoms with Gasteiger partial charge in [-0.05, 0) is 48.2 Å². The zero-order valence-electron chi connectivity index (χ0n) is 18.9. The number of piperidine rings is 1. The van der Waals surface area contributed by atoms with Crippen molar-refractivity contribution >= 4 is 46.1 Å². The fourth-order valence-electron chi connectivity index (χ4n) is 4.18. The average Bonchev–Trinajstić information content (AvgIpc) is 2.83. The van der Waals surface area contributed by atoms with E-state index >= 15 is 0 Å². The van der Waals surface area contributed by atoms with E-state index in [0.717, 1.165) is 5.56 Å². The first-order valence-electron chi connectivity index (χ1n) is 11.0. The van der Waals surface area contributed by atoms with Crippen molar-refractivity contribution in [1.82, 2.24) is 19.4 Å². The number of amides is 2. The molecule has 0 aliphatic carbocycles. The predicted molar refractivity (Wildman–Crippen MR) is 132 cm³/mol. The van der Waals surface area contributed by atoms with Crippen LogP contribution < -0.4 is 5.56 Å². The van der Waals surface area contributed by atoms with Crippen LogP contribution in [-0.4, -0.2) is 61.7 Å². The van der Waals surface area contributed by atoms with Crippen LogP contribution in [0, 0.1) is 0 Å². The van der Waals surface area contributed by atoms with E-state index in [4.69, 9.17) is 28.3 Å². The van der Waals surface area contributed by atoms with E-state index in [0.29, 0.717) is 21.1 Å². The number of rotatable bonds is 5. The molecule has 35 heavy (non-hydrogen) atoms. The molecule has 0 saturated carbocycles. The summed E-state index contributed by atoms with van der Waals surface area (Å²) in [6.07, 6.45) is 0.746. The molecule has 9 nitrogen and oxygen atoms in total. The van der Waals surface area contributed by atoms with E-state index in [1.165, 1.54) is 20.7 Å². The summed E-state index contributed by atoms with van der Waals surface area (Å²) in [5.41, 5.74) is 0.113. The van der Waals surface area contributed by atoms with E-state index in [1.807, 2.05) is 0 Å². The minimum absolute atomic E-state index is 0.195. The molecule has 184 valence electrons. The summed E-state index contributed by atoms with van der Waals surface area (Å²) in [7, 11) is 1.63. The number of fused-ring (bicyclic) bond motifs is 1. The molecule has 11 heteroatoms. The molecule has 1 saturated heterocycles. The Labute approximate surface area is 211 Å². The van der Waals surface area contributed by atoms with Gasteiger partial charge in [0, 0.05) is 26.7 Å². The molecule has 0 unspecified atom stereocenters. The summed E-state index contributed by atoms with van der Waals surface area (Å²) >= 11 is 12.0. The van der Waals surface area contributed by atoms with Crippen LogP contribution in [0.25, 0.3) is 10.9 Å². The molecular weight excluding hydrogens is 495 g/mol. The van der Waals surface area contributed by atoms with Gasteiger partial charge in [-0.15, -0.1) is 0 Å². The van der Waals surface area contributed by atoms with Gasteiger partial charge in [-0.1, -0.05) is 35.3 Å². The van der Waals surface area contributed by atoms with Crippen molar-refractivity contribution in [1.29, 1.82) is 0 Å². The molecule has 2 N–H and O–H groups in total. The number of carboxylic acid groups (broad SMARTS) is 1. The van der Waals surface area contributed by atoms with Gasteiger partial charge in [0.1, 0.15) is 6.54 Å². The Morgan fingerprint density at radius 3 is 2.49 bits per heavy atom. The SMILES string of the molecule is CN(Cc1ccc(Cl)c(Cl)c1)C(=O)Cn1cnc2ccc(C3(O)CCN(C(=O)O)CC3)cc2c1=O. The highest BCUT2D eigenvalue weighted by atomic mass is 35.5. The second-order valence-electron chi connectivity index (χ2n) is 8.71. The molecule has 2 heterocycles. The molecule has 0 atom stereocenters. The first-order valence-corrected chi connectivity index (χ1v) is 11.7. The molecule has 0 spiro atoms. The lowest BCUT2D eigenvalue weighted by molar-refractivity contribution is -0.131. The summed E-state index contributed by atoms with van der Waals surface area (Å²) in [6, 6.07) is 10.1. The van der Waals surface area contributed by atoms with Gasteiger partial charge in [0.15, 0.2) is 0 Å². The molecule has 2 amide bonds. The van der Waals surface area contributed by atoms with Gasteiger partial charge in [0.2, 0.25) is 5.91 Å². The van der Waals surface area contributed by atoms with Crippen molar-refractivity contribution in [2.45, 2.75) is 31.5 Å². The van der Waals surface area contributed by atoms with E-state index in [2.05, 4.69) is 4.98 Å². The summed E-state index contributed by atoms with van der Waals surface area (Å²) in [5.74, 6) is -0.296. The number of likely N-dealkylation sites (N-methyl/N-ethyl adjacent to an activating group) is 1. The normalized spacial score (nSPS) is 15.3. The zero-order valence-corrected chi connectivity index (χ0v) is 20.5.